The van der Waals surface area contributed by atoms with Crippen molar-refractivity contribution in [2.45, 2.75) is 13.8 Å². The monoisotopic (exact) mass is 278 g/mol. The number of carbonyl (C=O) groups is 2. The summed E-state index contributed by atoms with van der Waals surface area (Å²) < 4.78 is 1.70. The number of aromatic nitrogens is 2. The Bertz CT molecular complexity index is 842. The topological polar surface area (TPSA) is 52.0 Å². The number of hydrogen-bond donors (Lipinski definition) is 0. The minimum atomic E-state index is -0.544. The molecule has 0 aliphatic carbocycles. The van der Waals surface area contributed by atoms with Gasteiger partial charge < -0.3 is 0 Å². The fourth-order valence-corrected chi connectivity index (χ4v) is 2.59. The number of aryl methyl sites for hydroxylation is 2. The highest BCUT2D eigenvalue weighted by atomic mass is 16.2. The molecule has 1 aromatic carbocycles. The zero-order valence-electron chi connectivity index (χ0n) is 11.8. The van der Waals surface area contributed by atoms with Crippen molar-refractivity contribution in [2.75, 3.05) is 0 Å². The van der Waals surface area contributed by atoms with Crippen molar-refractivity contribution < 1.29 is 9.59 Å². The first kappa shape index (κ1) is 13.2. The third-order valence-electron chi connectivity index (χ3n) is 3.40. The number of Topliss-reactive ketones (excluding diaryl/α,β-unsaturated/α-hetero) is 1. The highest BCUT2D eigenvalue weighted by molar-refractivity contribution is 6.36. The number of aldehydes is 1. The minimum absolute atomic E-state index is 0.348. The van der Waals surface area contributed by atoms with Gasteiger partial charge in [-0.3, -0.25) is 14.2 Å². The molecule has 0 saturated carbocycles. The summed E-state index contributed by atoms with van der Waals surface area (Å²) in [6.45, 7) is 3.88. The lowest BCUT2D eigenvalue weighted by Crippen LogP contribution is -2.10. The smallest absolute Gasteiger partial charge is 0.242 e. The first-order valence-corrected chi connectivity index (χ1v) is 6.65. The predicted octanol–water partition coefficient (Wildman–Crippen LogP) is 3.02. The molecule has 0 aliphatic rings. The number of nitrogens with zero attached hydrogens (tertiary/aromatic N) is 2. The normalized spacial score (nSPS) is 10.8. The molecule has 2 aromatic heterocycles. The van der Waals surface area contributed by atoms with E-state index in [9.17, 15) is 9.59 Å². The van der Waals surface area contributed by atoms with Crippen LogP contribution in [0.4, 0.5) is 0 Å². The van der Waals surface area contributed by atoms with E-state index in [1.807, 2.05) is 56.4 Å². The van der Waals surface area contributed by atoms with E-state index in [1.54, 1.807) is 4.57 Å². The van der Waals surface area contributed by atoms with Crippen molar-refractivity contribution in [3.63, 3.8) is 0 Å². The molecule has 0 aliphatic heterocycles. The number of fused-ring (bicyclic) bond motifs is 1. The van der Waals surface area contributed by atoms with Crippen LogP contribution in [0.1, 0.15) is 21.7 Å². The van der Waals surface area contributed by atoms with Crippen molar-refractivity contribution in [2.24, 2.45) is 0 Å². The van der Waals surface area contributed by atoms with Gasteiger partial charge in [-0.1, -0.05) is 24.3 Å². The van der Waals surface area contributed by atoms with Gasteiger partial charge in [-0.25, -0.2) is 4.98 Å². The second-order valence-electron chi connectivity index (χ2n) is 5.06. The van der Waals surface area contributed by atoms with Gasteiger partial charge in [-0.2, -0.15) is 0 Å². The summed E-state index contributed by atoms with van der Waals surface area (Å²) in [5, 5.41) is 1.67. The van der Waals surface area contributed by atoms with Gasteiger partial charge in [0.1, 0.15) is 11.5 Å². The Morgan fingerprint density at radius 3 is 2.67 bits per heavy atom. The largest absolute Gasteiger partial charge is 0.297 e. The second-order valence-corrected chi connectivity index (χ2v) is 5.06. The van der Waals surface area contributed by atoms with Crippen LogP contribution in [-0.4, -0.2) is 21.6 Å². The van der Waals surface area contributed by atoms with Crippen LogP contribution in [-0.2, 0) is 4.79 Å². The first-order valence-electron chi connectivity index (χ1n) is 6.65. The quantitative estimate of drug-likeness (QED) is 0.420. The van der Waals surface area contributed by atoms with Crippen LogP contribution in [0, 0.1) is 13.8 Å². The van der Waals surface area contributed by atoms with Crippen LogP contribution in [0.3, 0.4) is 0 Å². The molecule has 0 bridgehead atoms. The highest BCUT2D eigenvalue weighted by Crippen LogP contribution is 2.24. The molecule has 2 heterocycles. The first-order chi connectivity index (χ1) is 10.1. The Kier molecular flexibility index (Phi) is 3.14. The maximum atomic E-state index is 12.0. The number of pyridine rings is 1. The number of benzene rings is 1. The molecule has 4 nitrogen and oxygen atoms in total. The van der Waals surface area contributed by atoms with Crippen molar-refractivity contribution in [3.8, 4) is 5.82 Å². The van der Waals surface area contributed by atoms with Gasteiger partial charge in [-0.05, 0) is 31.5 Å². The summed E-state index contributed by atoms with van der Waals surface area (Å²) in [7, 11) is 0. The molecule has 0 N–H and O–H groups in total. The van der Waals surface area contributed by atoms with E-state index in [0.717, 1.165) is 22.0 Å². The second kappa shape index (κ2) is 4.98. The SMILES string of the molecule is Cc1cc(C)nc(-n2cc3ccccc3c2C(=O)C=O)c1. The van der Waals surface area contributed by atoms with Crippen LogP contribution in [0.2, 0.25) is 0 Å². The minimum Gasteiger partial charge on any atom is -0.297 e. The molecule has 0 atom stereocenters. The summed E-state index contributed by atoms with van der Waals surface area (Å²) in [5.41, 5.74) is 2.28. The molecular formula is C17H14N2O2. The predicted molar refractivity (Wildman–Crippen MR) is 80.9 cm³/mol. The third kappa shape index (κ3) is 2.25. The van der Waals surface area contributed by atoms with E-state index in [0.29, 0.717) is 17.8 Å². The Balaban J connectivity index is 2.36. The Morgan fingerprint density at radius 1 is 1.19 bits per heavy atom. The van der Waals surface area contributed by atoms with Crippen molar-refractivity contribution in [1.29, 1.82) is 0 Å². The van der Waals surface area contributed by atoms with Crippen molar-refractivity contribution in [3.05, 3.63) is 59.5 Å². The zero-order valence-corrected chi connectivity index (χ0v) is 11.8. The molecule has 0 radical (unpaired) electrons. The summed E-state index contributed by atoms with van der Waals surface area (Å²) in [5.74, 6) is 0.103. The van der Waals surface area contributed by atoms with Crippen molar-refractivity contribution >= 4 is 22.8 Å². The lowest BCUT2D eigenvalue weighted by molar-refractivity contribution is -0.104. The van der Waals surface area contributed by atoms with Gasteiger partial charge in [0.15, 0.2) is 6.29 Å². The summed E-state index contributed by atoms with van der Waals surface area (Å²) in [6, 6.07) is 11.4. The Labute approximate surface area is 122 Å². The molecule has 4 heteroatoms. The lowest BCUT2D eigenvalue weighted by Gasteiger charge is -2.08. The number of ketones is 1. The molecule has 0 amide bonds. The van der Waals surface area contributed by atoms with Gasteiger partial charge in [0.25, 0.3) is 0 Å². The van der Waals surface area contributed by atoms with Crippen LogP contribution in [0.15, 0.2) is 42.6 Å². The summed E-state index contributed by atoms with van der Waals surface area (Å²) >= 11 is 0. The lowest BCUT2D eigenvalue weighted by atomic mass is 10.1. The van der Waals surface area contributed by atoms with E-state index in [1.165, 1.54) is 0 Å². The fraction of sp³-hybridized carbons (Fsp3) is 0.118. The summed E-state index contributed by atoms with van der Waals surface area (Å²) in [4.78, 5) is 27.5. The van der Waals surface area contributed by atoms with E-state index in [2.05, 4.69) is 4.98 Å². The Morgan fingerprint density at radius 2 is 1.95 bits per heavy atom. The molecule has 0 unspecified atom stereocenters. The molecular weight excluding hydrogens is 264 g/mol. The summed E-state index contributed by atoms with van der Waals surface area (Å²) in [6.07, 6.45) is 2.19. The maximum Gasteiger partial charge on any atom is 0.242 e. The van der Waals surface area contributed by atoms with Crippen LogP contribution < -0.4 is 0 Å². The van der Waals surface area contributed by atoms with Gasteiger partial charge in [0, 0.05) is 22.7 Å². The molecule has 104 valence electrons. The molecule has 0 fully saturated rings. The van der Waals surface area contributed by atoms with E-state index < -0.39 is 5.78 Å². The van der Waals surface area contributed by atoms with Crippen LogP contribution in [0.5, 0.6) is 0 Å². The van der Waals surface area contributed by atoms with E-state index >= 15 is 0 Å². The average molecular weight is 278 g/mol. The van der Waals surface area contributed by atoms with Gasteiger partial charge >= 0.3 is 0 Å². The van der Waals surface area contributed by atoms with Crippen LogP contribution >= 0.6 is 0 Å². The van der Waals surface area contributed by atoms with Gasteiger partial charge in [0.05, 0.1) is 0 Å². The fourth-order valence-electron chi connectivity index (χ4n) is 2.59. The number of rotatable bonds is 3. The molecule has 21 heavy (non-hydrogen) atoms. The molecule has 0 saturated heterocycles. The molecule has 0 spiro atoms. The van der Waals surface area contributed by atoms with Gasteiger partial charge in [-0.15, -0.1) is 0 Å². The van der Waals surface area contributed by atoms with E-state index in [4.69, 9.17) is 0 Å². The third-order valence-corrected chi connectivity index (χ3v) is 3.40. The molecule has 3 rings (SSSR count). The Hall–Kier alpha value is -2.75. The average Bonchev–Trinajstić information content (AvgIpc) is 2.85. The zero-order chi connectivity index (χ0) is 15.0. The van der Waals surface area contributed by atoms with Gasteiger partial charge in [0.2, 0.25) is 5.78 Å². The molecule has 3 aromatic rings. The standard InChI is InChI=1S/C17H14N2O2/c1-11-7-12(2)18-16(8-11)19-9-13-5-3-4-6-14(13)17(19)15(21)10-20/h3-10H,1-2H3. The van der Waals surface area contributed by atoms with E-state index in [-0.39, 0.29) is 0 Å². The van der Waals surface area contributed by atoms with Crippen LogP contribution in [0.25, 0.3) is 16.6 Å². The maximum absolute atomic E-state index is 12.0. The number of hydrogen-bond acceptors (Lipinski definition) is 3. The highest BCUT2D eigenvalue weighted by Gasteiger charge is 2.17. The van der Waals surface area contributed by atoms with Crippen molar-refractivity contribution in [1.82, 2.24) is 9.55 Å². The number of carbonyl (C=O) groups excluding carboxylic acids is 2.